The molecule has 1 fully saturated rings. The molecule has 0 aromatic carbocycles. The summed E-state index contributed by atoms with van der Waals surface area (Å²) in [5.41, 5.74) is 0. The topological polar surface area (TPSA) is 50.8 Å². The highest BCUT2D eigenvalue weighted by Crippen LogP contribution is 2.07. The summed E-state index contributed by atoms with van der Waals surface area (Å²) < 4.78 is 10.8. The van der Waals surface area contributed by atoms with Crippen molar-refractivity contribution in [1.29, 1.82) is 0 Å². The Morgan fingerprint density at radius 2 is 2.12 bits per heavy atom. The zero-order valence-corrected chi connectivity index (χ0v) is 10.9. The van der Waals surface area contributed by atoms with E-state index in [0.29, 0.717) is 19.8 Å². The second-order valence-corrected chi connectivity index (χ2v) is 4.27. The quantitative estimate of drug-likeness (QED) is 0.652. The van der Waals surface area contributed by atoms with E-state index in [4.69, 9.17) is 9.47 Å². The van der Waals surface area contributed by atoms with Crippen molar-refractivity contribution in [3.8, 4) is 0 Å². The summed E-state index contributed by atoms with van der Waals surface area (Å²) in [5.74, 6) is 0.0308. The molecule has 0 saturated carbocycles. The van der Waals surface area contributed by atoms with Crippen molar-refractivity contribution < 1.29 is 14.3 Å². The molecule has 0 aliphatic carbocycles. The van der Waals surface area contributed by atoms with E-state index in [1.165, 1.54) is 0 Å². The molecule has 5 nitrogen and oxygen atoms in total. The van der Waals surface area contributed by atoms with E-state index in [9.17, 15) is 4.79 Å². The van der Waals surface area contributed by atoms with Crippen LogP contribution in [0, 0.1) is 0 Å². The van der Waals surface area contributed by atoms with Crippen LogP contribution in [0.5, 0.6) is 0 Å². The zero-order valence-electron chi connectivity index (χ0n) is 10.9. The van der Waals surface area contributed by atoms with Crippen LogP contribution in [0.3, 0.4) is 0 Å². The molecule has 100 valence electrons. The minimum atomic E-state index is 0.0308. The molecule has 5 heteroatoms. The van der Waals surface area contributed by atoms with Gasteiger partial charge in [-0.05, 0) is 32.9 Å². The second-order valence-electron chi connectivity index (χ2n) is 4.27. The molecule has 1 rings (SSSR count). The van der Waals surface area contributed by atoms with Crippen LogP contribution in [0.25, 0.3) is 0 Å². The molecule has 1 saturated heterocycles. The van der Waals surface area contributed by atoms with E-state index in [-0.39, 0.29) is 18.6 Å². The lowest BCUT2D eigenvalue weighted by Gasteiger charge is -2.24. The number of piperidine rings is 1. The summed E-state index contributed by atoms with van der Waals surface area (Å²) in [6.45, 7) is 6.01. The van der Waals surface area contributed by atoms with Crippen molar-refractivity contribution in [1.82, 2.24) is 10.2 Å². The fourth-order valence-corrected chi connectivity index (χ4v) is 1.73. The van der Waals surface area contributed by atoms with Gasteiger partial charge >= 0.3 is 0 Å². The van der Waals surface area contributed by atoms with Crippen molar-refractivity contribution in [2.24, 2.45) is 0 Å². The van der Waals surface area contributed by atoms with Gasteiger partial charge in [0.1, 0.15) is 6.61 Å². The molecule has 1 heterocycles. The number of rotatable bonds is 7. The van der Waals surface area contributed by atoms with E-state index in [1.54, 1.807) is 11.9 Å². The average Bonchev–Trinajstić information content (AvgIpc) is 2.37. The van der Waals surface area contributed by atoms with Crippen LogP contribution >= 0.6 is 0 Å². The number of hydrogen-bond acceptors (Lipinski definition) is 4. The fourth-order valence-electron chi connectivity index (χ4n) is 1.73. The van der Waals surface area contributed by atoms with Crippen molar-refractivity contribution >= 4 is 5.91 Å². The molecular formula is C12H24N2O3. The Labute approximate surface area is 103 Å². The molecule has 1 N–H and O–H groups in total. The number of nitrogens with zero attached hydrogens (tertiary/aromatic N) is 1. The van der Waals surface area contributed by atoms with Gasteiger partial charge in [0.25, 0.3) is 0 Å². The smallest absolute Gasteiger partial charge is 0.248 e. The van der Waals surface area contributed by atoms with Gasteiger partial charge in [0, 0.05) is 20.2 Å². The number of carbonyl (C=O) groups excluding carboxylic acids is 1. The molecule has 1 aliphatic heterocycles. The third-order valence-corrected chi connectivity index (χ3v) is 2.93. The van der Waals surface area contributed by atoms with E-state index < -0.39 is 0 Å². The highest BCUT2D eigenvalue weighted by atomic mass is 16.5. The normalized spacial score (nSPS) is 17.1. The van der Waals surface area contributed by atoms with Gasteiger partial charge in [-0.2, -0.15) is 0 Å². The van der Waals surface area contributed by atoms with E-state index in [0.717, 1.165) is 25.9 Å². The van der Waals surface area contributed by atoms with Gasteiger partial charge in [-0.3, -0.25) is 4.79 Å². The minimum absolute atomic E-state index is 0.0308. The van der Waals surface area contributed by atoms with Gasteiger partial charge in [0.15, 0.2) is 0 Å². The van der Waals surface area contributed by atoms with E-state index in [1.807, 2.05) is 6.92 Å². The third kappa shape index (κ3) is 6.00. The SMILES string of the molecule is CCOCCN(C)C(=O)COC1CCNCC1. The first-order valence-electron chi connectivity index (χ1n) is 6.38. The van der Waals surface area contributed by atoms with Crippen molar-refractivity contribution in [3.63, 3.8) is 0 Å². The molecular weight excluding hydrogens is 220 g/mol. The Bertz CT molecular complexity index is 218. The molecule has 0 unspecified atom stereocenters. The summed E-state index contributed by atoms with van der Waals surface area (Å²) in [5, 5.41) is 3.27. The number of ether oxygens (including phenoxy) is 2. The second kappa shape index (κ2) is 8.44. The zero-order chi connectivity index (χ0) is 12.5. The first-order valence-corrected chi connectivity index (χ1v) is 6.38. The Hall–Kier alpha value is -0.650. The summed E-state index contributed by atoms with van der Waals surface area (Å²) >= 11 is 0. The number of carbonyl (C=O) groups is 1. The number of likely N-dealkylation sites (N-methyl/N-ethyl adjacent to an activating group) is 1. The van der Waals surface area contributed by atoms with Gasteiger partial charge in [0.05, 0.1) is 12.7 Å². The Kier molecular flexibility index (Phi) is 7.16. The van der Waals surface area contributed by atoms with Crippen molar-refractivity contribution in [2.75, 3.05) is 46.5 Å². The first-order chi connectivity index (χ1) is 8.24. The summed E-state index contributed by atoms with van der Waals surface area (Å²) in [4.78, 5) is 13.4. The maximum Gasteiger partial charge on any atom is 0.248 e. The Morgan fingerprint density at radius 1 is 1.41 bits per heavy atom. The van der Waals surface area contributed by atoms with E-state index in [2.05, 4.69) is 5.32 Å². The molecule has 1 aliphatic rings. The fraction of sp³-hybridized carbons (Fsp3) is 0.917. The predicted octanol–water partition coefficient (Wildman–Crippen LogP) is 0.250. The molecule has 1 amide bonds. The maximum atomic E-state index is 11.7. The summed E-state index contributed by atoms with van der Waals surface area (Å²) in [6.07, 6.45) is 2.23. The van der Waals surface area contributed by atoms with Gasteiger partial charge in [-0.1, -0.05) is 0 Å². The summed E-state index contributed by atoms with van der Waals surface area (Å²) in [6, 6.07) is 0. The van der Waals surface area contributed by atoms with Gasteiger partial charge in [0.2, 0.25) is 5.91 Å². The molecule has 0 bridgehead atoms. The molecule has 0 aromatic heterocycles. The molecule has 0 aromatic rings. The first kappa shape index (κ1) is 14.4. The molecule has 0 radical (unpaired) electrons. The monoisotopic (exact) mass is 244 g/mol. The predicted molar refractivity (Wildman–Crippen MR) is 66.0 cm³/mol. The summed E-state index contributed by atoms with van der Waals surface area (Å²) in [7, 11) is 1.78. The standard InChI is InChI=1S/C12H24N2O3/c1-3-16-9-8-14(2)12(15)10-17-11-4-6-13-7-5-11/h11,13H,3-10H2,1-2H3. The van der Waals surface area contributed by atoms with Gasteiger partial charge in [-0.15, -0.1) is 0 Å². The van der Waals surface area contributed by atoms with Crippen LogP contribution < -0.4 is 5.32 Å². The maximum absolute atomic E-state index is 11.7. The van der Waals surface area contributed by atoms with Gasteiger partial charge in [-0.25, -0.2) is 0 Å². The lowest BCUT2D eigenvalue weighted by molar-refractivity contribution is -0.138. The molecule has 17 heavy (non-hydrogen) atoms. The van der Waals surface area contributed by atoms with Crippen LogP contribution in [-0.2, 0) is 14.3 Å². The van der Waals surface area contributed by atoms with Crippen molar-refractivity contribution in [3.05, 3.63) is 0 Å². The Balaban J connectivity index is 2.10. The van der Waals surface area contributed by atoms with Crippen LogP contribution in [0.1, 0.15) is 19.8 Å². The lowest BCUT2D eigenvalue weighted by Crippen LogP contribution is -2.37. The Morgan fingerprint density at radius 3 is 2.76 bits per heavy atom. The molecule has 0 spiro atoms. The van der Waals surface area contributed by atoms with E-state index >= 15 is 0 Å². The van der Waals surface area contributed by atoms with Crippen LogP contribution in [-0.4, -0.2) is 63.4 Å². The van der Waals surface area contributed by atoms with Crippen LogP contribution in [0.2, 0.25) is 0 Å². The highest BCUT2D eigenvalue weighted by Gasteiger charge is 2.16. The van der Waals surface area contributed by atoms with Crippen LogP contribution in [0.15, 0.2) is 0 Å². The lowest BCUT2D eigenvalue weighted by atomic mass is 10.1. The van der Waals surface area contributed by atoms with Gasteiger partial charge < -0.3 is 19.7 Å². The number of nitrogens with one attached hydrogen (secondary N) is 1. The third-order valence-electron chi connectivity index (χ3n) is 2.93. The highest BCUT2D eigenvalue weighted by molar-refractivity contribution is 5.77. The van der Waals surface area contributed by atoms with Crippen molar-refractivity contribution in [2.45, 2.75) is 25.9 Å². The average molecular weight is 244 g/mol. The van der Waals surface area contributed by atoms with Crippen LogP contribution in [0.4, 0.5) is 0 Å². The number of hydrogen-bond donors (Lipinski definition) is 1. The minimum Gasteiger partial charge on any atom is -0.380 e. The largest absolute Gasteiger partial charge is 0.380 e. The number of amides is 1. The molecule has 0 atom stereocenters.